The number of nitrogens with zero attached hydrogens (tertiary/aromatic N) is 2. The van der Waals surface area contributed by atoms with Gasteiger partial charge in [-0.25, -0.2) is 4.79 Å². The van der Waals surface area contributed by atoms with E-state index in [1.165, 1.54) is 6.92 Å². The lowest BCUT2D eigenvalue weighted by molar-refractivity contribution is -0.133. The van der Waals surface area contributed by atoms with Crippen molar-refractivity contribution >= 4 is 11.9 Å². The van der Waals surface area contributed by atoms with Crippen LogP contribution in [0.2, 0.25) is 0 Å². The van der Waals surface area contributed by atoms with E-state index in [0.717, 1.165) is 25.9 Å². The first-order valence-electron chi connectivity index (χ1n) is 6.67. The Morgan fingerprint density at radius 3 is 2.21 bits per heavy atom. The number of carbonyl (C=O) groups is 2. The third-order valence-corrected chi connectivity index (χ3v) is 3.92. The van der Waals surface area contributed by atoms with Crippen LogP contribution in [-0.2, 0) is 9.59 Å². The number of rotatable bonds is 4. The highest BCUT2D eigenvalue weighted by Gasteiger charge is 2.22. The molecular weight excluding hydrogens is 244 g/mol. The summed E-state index contributed by atoms with van der Waals surface area (Å²) in [5.74, 6) is -0.694. The maximum absolute atomic E-state index is 12.1. The fraction of sp³-hybridized carbons (Fsp3) is 0.714. The number of hydrogen-bond donors (Lipinski definition) is 1. The molecule has 1 rings (SSSR count). The maximum atomic E-state index is 12.1. The lowest BCUT2D eigenvalue weighted by Gasteiger charge is -2.31. The first-order chi connectivity index (χ1) is 8.82. The average molecular weight is 268 g/mol. The van der Waals surface area contributed by atoms with Crippen molar-refractivity contribution in [3.8, 4) is 0 Å². The van der Waals surface area contributed by atoms with Crippen molar-refractivity contribution in [1.29, 1.82) is 0 Å². The van der Waals surface area contributed by atoms with E-state index in [4.69, 9.17) is 5.11 Å². The predicted octanol–water partition coefficient (Wildman–Crippen LogP) is 1.21. The fourth-order valence-electron chi connectivity index (χ4n) is 2.32. The van der Waals surface area contributed by atoms with Crippen LogP contribution in [0.1, 0.15) is 26.7 Å². The van der Waals surface area contributed by atoms with Crippen molar-refractivity contribution in [3.63, 3.8) is 0 Å². The van der Waals surface area contributed by atoms with Crippen LogP contribution in [0.4, 0.5) is 0 Å². The van der Waals surface area contributed by atoms with Crippen molar-refractivity contribution in [1.82, 2.24) is 9.80 Å². The fourth-order valence-corrected chi connectivity index (χ4v) is 2.32. The van der Waals surface area contributed by atoms with Gasteiger partial charge in [0.05, 0.1) is 0 Å². The van der Waals surface area contributed by atoms with E-state index in [9.17, 15) is 9.59 Å². The van der Waals surface area contributed by atoms with Gasteiger partial charge in [-0.05, 0) is 52.7 Å². The Labute approximate surface area is 114 Å². The summed E-state index contributed by atoms with van der Waals surface area (Å²) in [5, 5.41) is 8.90. The molecule has 1 aliphatic heterocycles. The number of aliphatic carboxylic acids is 1. The monoisotopic (exact) mass is 268 g/mol. The number of likely N-dealkylation sites (tertiary alicyclic amines) is 1. The summed E-state index contributed by atoms with van der Waals surface area (Å²) >= 11 is 0. The second-order valence-electron chi connectivity index (χ2n) is 5.49. The second-order valence-corrected chi connectivity index (χ2v) is 5.49. The molecule has 5 heteroatoms. The van der Waals surface area contributed by atoms with Crippen molar-refractivity contribution < 1.29 is 14.7 Å². The molecule has 1 aliphatic rings. The Kier molecular flexibility index (Phi) is 5.54. The number of carbonyl (C=O) groups excluding carboxylic acids is 1. The molecular formula is C14H24N2O3. The normalized spacial score (nSPS) is 18.9. The van der Waals surface area contributed by atoms with Gasteiger partial charge in [-0.3, -0.25) is 4.79 Å². The Morgan fingerprint density at radius 1 is 1.21 bits per heavy atom. The van der Waals surface area contributed by atoms with Gasteiger partial charge in [-0.2, -0.15) is 0 Å². The Hall–Kier alpha value is -1.36. The van der Waals surface area contributed by atoms with Crippen molar-refractivity contribution in [3.05, 3.63) is 11.1 Å². The van der Waals surface area contributed by atoms with E-state index >= 15 is 0 Å². The van der Waals surface area contributed by atoms with Crippen molar-refractivity contribution in [2.24, 2.45) is 5.92 Å². The quantitative estimate of drug-likeness (QED) is 0.779. The SMILES string of the molecule is CC(C(=O)O)=C(C)C(=O)N(C)CC1CCN(C)CC1. The number of piperidine rings is 1. The van der Waals surface area contributed by atoms with E-state index in [1.54, 1.807) is 18.9 Å². The summed E-state index contributed by atoms with van der Waals surface area (Å²) in [5.41, 5.74) is 0.447. The molecule has 0 radical (unpaired) electrons. The van der Waals surface area contributed by atoms with Gasteiger partial charge in [-0.15, -0.1) is 0 Å². The van der Waals surface area contributed by atoms with Gasteiger partial charge in [0.1, 0.15) is 0 Å². The van der Waals surface area contributed by atoms with Gasteiger partial charge < -0.3 is 14.9 Å². The van der Waals surface area contributed by atoms with Crippen LogP contribution in [0.3, 0.4) is 0 Å². The van der Waals surface area contributed by atoms with Gasteiger partial charge in [0.15, 0.2) is 0 Å². The molecule has 5 nitrogen and oxygen atoms in total. The highest BCUT2D eigenvalue weighted by Crippen LogP contribution is 2.18. The minimum atomic E-state index is -1.03. The molecule has 1 heterocycles. The van der Waals surface area contributed by atoms with Crippen LogP contribution in [0.15, 0.2) is 11.1 Å². The molecule has 1 N–H and O–H groups in total. The van der Waals surface area contributed by atoms with Gasteiger partial charge in [0.25, 0.3) is 0 Å². The lowest BCUT2D eigenvalue weighted by atomic mass is 9.96. The molecule has 108 valence electrons. The third-order valence-electron chi connectivity index (χ3n) is 3.92. The Balaban J connectivity index is 2.58. The molecule has 0 aliphatic carbocycles. The number of amides is 1. The van der Waals surface area contributed by atoms with Crippen LogP contribution in [-0.4, -0.2) is 60.5 Å². The minimum Gasteiger partial charge on any atom is -0.478 e. The van der Waals surface area contributed by atoms with Gasteiger partial charge in [0.2, 0.25) is 5.91 Å². The smallest absolute Gasteiger partial charge is 0.331 e. The summed E-state index contributed by atoms with van der Waals surface area (Å²) < 4.78 is 0. The lowest BCUT2D eigenvalue weighted by Crippen LogP contribution is -2.38. The molecule has 1 saturated heterocycles. The zero-order valence-electron chi connectivity index (χ0n) is 12.3. The molecule has 0 aromatic carbocycles. The summed E-state index contributed by atoms with van der Waals surface area (Å²) in [6, 6.07) is 0. The van der Waals surface area contributed by atoms with E-state index in [2.05, 4.69) is 11.9 Å². The van der Waals surface area contributed by atoms with Crippen LogP contribution in [0.5, 0.6) is 0 Å². The van der Waals surface area contributed by atoms with Crippen LogP contribution in [0.25, 0.3) is 0 Å². The number of likely N-dealkylation sites (N-methyl/N-ethyl adjacent to an activating group) is 1. The second kappa shape index (κ2) is 6.70. The van der Waals surface area contributed by atoms with E-state index in [1.807, 2.05) is 0 Å². The number of carboxylic acids is 1. The van der Waals surface area contributed by atoms with E-state index < -0.39 is 5.97 Å². The summed E-state index contributed by atoms with van der Waals surface area (Å²) in [7, 11) is 3.85. The number of hydrogen-bond acceptors (Lipinski definition) is 3. The minimum absolute atomic E-state index is 0.125. The molecule has 0 aromatic heterocycles. The summed E-state index contributed by atoms with van der Waals surface area (Å²) in [6.45, 7) is 5.89. The molecule has 1 fully saturated rings. The molecule has 1 amide bonds. The highest BCUT2D eigenvalue weighted by atomic mass is 16.4. The third kappa shape index (κ3) is 4.35. The van der Waals surface area contributed by atoms with Gasteiger partial charge in [-0.1, -0.05) is 0 Å². The van der Waals surface area contributed by atoms with Crippen LogP contribution in [0, 0.1) is 5.92 Å². The molecule has 0 spiro atoms. The first kappa shape index (κ1) is 15.7. The maximum Gasteiger partial charge on any atom is 0.331 e. The first-order valence-corrected chi connectivity index (χ1v) is 6.67. The molecule has 19 heavy (non-hydrogen) atoms. The molecule has 0 aromatic rings. The largest absolute Gasteiger partial charge is 0.478 e. The van der Waals surface area contributed by atoms with E-state index in [-0.39, 0.29) is 11.5 Å². The Morgan fingerprint density at radius 2 is 1.74 bits per heavy atom. The molecule has 0 saturated carbocycles. The molecule has 0 bridgehead atoms. The summed E-state index contributed by atoms with van der Waals surface area (Å²) in [4.78, 5) is 26.9. The highest BCUT2D eigenvalue weighted by molar-refractivity contribution is 6.01. The predicted molar refractivity (Wildman–Crippen MR) is 73.9 cm³/mol. The van der Waals surface area contributed by atoms with E-state index in [0.29, 0.717) is 18.0 Å². The molecule has 0 unspecified atom stereocenters. The van der Waals surface area contributed by atoms with Crippen molar-refractivity contribution in [2.45, 2.75) is 26.7 Å². The zero-order chi connectivity index (χ0) is 14.6. The van der Waals surface area contributed by atoms with Crippen LogP contribution < -0.4 is 0 Å². The Bertz CT molecular complexity index is 382. The van der Waals surface area contributed by atoms with Gasteiger partial charge in [0, 0.05) is 24.7 Å². The topological polar surface area (TPSA) is 60.9 Å². The van der Waals surface area contributed by atoms with Crippen molar-refractivity contribution in [2.75, 3.05) is 33.7 Å². The number of carboxylic acid groups (broad SMARTS) is 1. The van der Waals surface area contributed by atoms with Crippen LogP contribution >= 0.6 is 0 Å². The molecule has 0 atom stereocenters. The average Bonchev–Trinajstić information content (AvgIpc) is 2.38. The van der Waals surface area contributed by atoms with Gasteiger partial charge >= 0.3 is 5.97 Å². The summed E-state index contributed by atoms with van der Waals surface area (Å²) in [6.07, 6.45) is 2.18. The standard InChI is InChI=1S/C14H24N2O3/c1-10(11(2)14(18)19)13(17)16(4)9-12-5-7-15(3)8-6-12/h12H,5-9H2,1-4H3,(H,18,19). The zero-order valence-corrected chi connectivity index (χ0v) is 12.3.